The number of likely N-dealkylation sites (tertiary alicyclic amines) is 2. The lowest BCUT2D eigenvalue weighted by atomic mass is 9.97. The van der Waals surface area contributed by atoms with Gasteiger partial charge in [0.25, 0.3) is 0 Å². The van der Waals surface area contributed by atoms with Crippen LogP contribution in [0.4, 0.5) is 0 Å². The maximum Gasteiger partial charge on any atom is 0.245 e. The Labute approximate surface area is 161 Å². The third-order valence-electron chi connectivity index (χ3n) is 5.79. The first-order chi connectivity index (χ1) is 12.5. The van der Waals surface area contributed by atoms with Crippen LogP contribution in [-0.4, -0.2) is 47.3 Å². The highest BCUT2D eigenvalue weighted by Crippen LogP contribution is 2.25. The molecule has 2 atom stereocenters. The number of hydrogen-bond acceptors (Lipinski definition) is 2. The highest BCUT2D eigenvalue weighted by Gasteiger charge is 2.38. The van der Waals surface area contributed by atoms with E-state index in [9.17, 15) is 9.59 Å². The van der Waals surface area contributed by atoms with Crippen molar-refractivity contribution in [3.05, 3.63) is 34.9 Å². The molecular formula is C21H29ClN2O2. The molecular weight excluding hydrogens is 348 g/mol. The van der Waals surface area contributed by atoms with Crippen molar-refractivity contribution in [2.24, 2.45) is 11.8 Å². The topological polar surface area (TPSA) is 40.6 Å². The van der Waals surface area contributed by atoms with Gasteiger partial charge in [-0.25, -0.2) is 0 Å². The van der Waals surface area contributed by atoms with Gasteiger partial charge >= 0.3 is 0 Å². The predicted octanol–water partition coefficient (Wildman–Crippen LogP) is 3.77. The van der Waals surface area contributed by atoms with Crippen molar-refractivity contribution in [3.8, 4) is 0 Å². The molecule has 2 aliphatic heterocycles. The summed E-state index contributed by atoms with van der Waals surface area (Å²) >= 11 is 5.93. The minimum atomic E-state index is -0.261. The average Bonchev–Trinajstić information content (AvgIpc) is 3.12. The largest absolute Gasteiger partial charge is 0.341 e. The molecule has 2 saturated heterocycles. The first-order valence-corrected chi connectivity index (χ1v) is 10.2. The third-order valence-corrected chi connectivity index (χ3v) is 6.04. The molecule has 26 heavy (non-hydrogen) atoms. The van der Waals surface area contributed by atoms with Crippen LogP contribution in [0, 0.1) is 11.8 Å². The summed E-state index contributed by atoms with van der Waals surface area (Å²) in [6.45, 7) is 6.56. The van der Waals surface area contributed by atoms with Crippen molar-refractivity contribution >= 4 is 23.4 Å². The van der Waals surface area contributed by atoms with Crippen LogP contribution in [0.5, 0.6) is 0 Å². The lowest BCUT2D eigenvalue weighted by Crippen LogP contribution is -2.51. The molecule has 2 aliphatic rings. The second-order valence-electron chi connectivity index (χ2n) is 7.93. The molecule has 0 aliphatic carbocycles. The van der Waals surface area contributed by atoms with Crippen LogP contribution < -0.4 is 0 Å². The maximum absolute atomic E-state index is 13.0. The molecule has 1 aromatic rings. The van der Waals surface area contributed by atoms with Gasteiger partial charge in [-0.1, -0.05) is 37.6 Å². The SMILES string of the molecule is CC1CCN(C(=O)[C@H]2CCCN2C(=O)C(C)Cc2ccc(Cl)cc2)CC1. The van der Waals surface area contributed by atoms with Crippen LogP contribution >= 0.6 is 11.6 Å². The summed E-state index contributed by atoms with van der Waals surface area (Å²) in [6.07, 6.45) is 4.53. The first-order valence-electron chi connectivity index (χ1n) is 9.79. The lowest BCUT2D eigenvalue weighted by Gasteiger charge is -2.35. The molecule has 0 saturated carbocycles. The Bertz CT molecular complexity index is 638. The van der Waals surface area contributed by atoms with Gasteiger partial charge in [-0.05, 0) is 55.7 Å². The fraction of sp³-hybridized carbons (Fsp3) is 0.619. The molecule has 1 aromatic carbocycles. The maximum atomic E-state index is 13.0. The Morgan fingerprint density at radius 2 is 1.77 bits per heavy atom. The molecule has 3 rings (SSSR count). The van der Waals surface area contributed by atoms with Crippen molar-refractivity contribution in [3.63, 3.8) is 0 Å². The van der Waals surface area contributed by atoms with Gasteiger partial charge in [-0.15, -0.1) is 0 Å². The molecule has 0 radical (unpaired) electrons. The van der Waals surface area contributed by atoms with Crippen molar-refractivity contribution in [2.45, 2.75) is 52.0 Å². The summed E-state index contributed by atoms with van der Waals surface area (Å²) in [5.41, 5.74) is 1.10. The second-order valence-corrected chi connectivity index (χ2v) is 8.37. The van der Waals surface area contributed by atoms with Crippen LogP contribution in [0.1, 0.15) is 45.1 Å². The number of amides is 2. The van der Waals surface area contributed by atoms with Crippen LogP contribution in [0.25, 0.3) is 0 Å². The first kappa shape index (κ1) is 19.2. The molecule has 2 fully saturated rings. The zero-order chi connectivity index (χ0) is 18.7. The zero-order valence-electron chi connectivity index (χ0n) is 15.8. The van der Waals surface area contributed by atoms with E-state index in [1.165, 1.54) is 0 Å². The summed E-state index contributed by atoms with van der Waals surface area (Å²) in [5.74, 6) is 0.813. The molecule has 1 unspecified atom stereocenters. The Balaban J connectivity index is 1.62. The number of piperidine rings is 1. The zero-order valence-corrected chi connectivity index (χ0v) is 16.5. The summed E-state index contributed by atoms with van der Waals surface area (Å²) in [4.78, 5) is 29.8. The van der Waals surface area contributed by atoms with Crippen molar-refractivity contribution in [1.82, 2.24) is 9.80 Å². The van der Waals surface area contributed by atoms with Crippen molar-refractivity contribution in [2.75, 3.05) is 19.6 Å². The summed E-state index contributed by atoms with van der Waals surface area (Å²) in [6, 6.07) is 7.38. The van der Waals surface area contributed by atoms with Gasteiger partial charge in [-0.2, -0.15) is 0 Å². The van der Waals surface area contributed by atoms with Gasteiger partial charge in [0.15, 0.2) is 0 Å². The standard InChI is InChI=1S/C21H29ClN2O2/c1-15-9-12-23(13-10-15)21(26)19-4-3-11-24(19)20(25)16(2)14-17-5-7-18(22)8-6-17/h5-8,15-16,19H,3-4,9-14H2,1-2H3/t16?,19-/m1/s1. The molecule has 0 N–H and O–H groups in total. The molecule has 0 aromatic heterocycles. The fourth-order valence-corrected chi connectivity index (χ4v) is 4.20. The molecule has 5 heteroatoms. The average molecular weight is 377 g/mol. The quantitative estimate of drug-likeness (QED) is 0.802. The number of carbonyl (C=O) groups is 2. The van der Waals surface area contributed by atoms with Crippen LogP contribution in [-0.2, 0) is 16.0 Å². The highest BCUT2D eigenvalue weighted by molar-refractivity contribution is 6.30. The number of rotatable bonds is 4. The summed E-state index contributed by atoms with van der Waals surface area (Å²) in [5, 5.41) is 0.703. The van der Waals surface area contributed by atoms with Gasteiger partial charge in [0, 0.05) is 30.6 Å². The predicted molar refractivity (Wildman–Crippen MR) is 104 cm³/mol. The van der Waals surface area contributed by atoms with E-state index in [0.717, 1.165) is 44.3 Å². The molecule has 0 bridgehead atoms. The van der Waals surface area contributed by atoms with E-state index in [0.29, 0.717) is 23.9 Å². The summed E-state index contributed by atoms with van der Waals surface area (Å²) < 4.78 is 0. The van der Waals surface area contributed by atoms with Gasteiger partial charge in [0.1, 0.15) is 6.04 Å². The minimum absolute atomic E-state index is 0.0983. The Kier molecular flexibility index (Phi) is 6.23. The molecule has 142 valence electrons. The summed E-state index contributed by atoms with van der Waals surface area (Å²) in [7, 11) is 0. The molecule has 2 amide bonds. The third kappa shape index (κ3) is 4.40. The van der Waals surface area contributed by atoms with Crippen molar-refractivity contribution < 1.29 is 9.59 Å². The van der Waals surface area contributed by atoms with E-state index in [-0.39, 0.29) is 23.8 Å². The minimum Gasteiger partial charge on any atom is -0.341 e. The van der Waals surface area contributed by atoms with Gasteiger partial charge in [0.05, 0.1) is 0 Å². The normalized spacial score (nSPS) is 22.5. The Hall–Kier alpha value is -1.55. The second kappa shape index (κ2) is 8.43. The molecule has 0 spiro atoms. The van der Waals surface area contributed by atoms with Crippen LogP contribution in [0.3, 0.4) is 0 Å². The number of benzene rings is 1. The van der Waals surface area contributed by atoms with Crippen molar-refractivity contribution in [1.29, 1.82) is 0 Å². The van der Waals surface area contributed by atoms with E-state index >= 15 is 0 Å². The van der Waals surface area contributed by atoms with Gasteiger partial charge in [0.2, 0.25) is 11.8 Å². The highest BCUT2D eigenvalue weighted by atomic mass is 35.5. The van der Waals surface area contributed by atoms with E-state index in [1.807, 2.05) is 41.0 Å². The van der Waals surface area contributed by atoms with Gasteiger partial charge < -0.3 is 9.80 Å². The van der Waals surface area contributed by atoms with E-state index in [2.05, 4.69) is 6.92 Å². The lowest BCUT2D eigenvalue weighted by molar-refractivity contribution is -0.146. The van der Waals surface area contributed by atoms with E-state index in [1.54, 1.807) is 0 Å². The molecule has 4 nitrogen and oxygen atoms in total. The fourth-order valence-electron chi connectivity index (χ4n) is 4.07. The Morgan fingerprint density at radius 3 is 2.42 bits per heavy atom. The molecule has 2 heterocycles. The van der Waals surface area contributed by atoms with Gasteiger partial charge in [-0.3, -0.25) is 9.59 Å². The van der Waals surface area contributed by atoms with E-state index in [4.69, 9.17) is 11.6 Å². The monoisotopic (exact) mass is 376 g/mol. The number of hydrogen-bond donors (Lipinski definition) is 0. The van der Waals surface area contributed by atoms with E-state index < -0.39 is 0 Å². The number of nitrogens with zero attached hydrogens (tertiary/aromatic N) is 2. The Morgan fingerprint density at radius 1 is 1.12 bits per heavy atom. The number of halogens is 1. The smallest absolute Gasteiger partial charge is 0.245 e. The van der Waals surface area contributed by atoms with Crippen LogP contribution in [0.2, 0.25) is 5.02 Å². The van der Waals surface area contributed by atoms with Crippen LogP contribution in [0.15, 0.2) is 24.3 Å². The number of carbonyl (C=O) groups excluding carboxylic acids is 2.